The number of alkyl halides is 3. The van der Waals surface area contributed by atoms with Crippen LogP contribution in [0, 0.1) is 0 Å². The summed E-state index contributed by atoms with van der Waals surface area (Å²) in [7, 11) is 0. The highest BCUT2D eigenvalue weighted by Gasteiger charge is 2.36. The number of aromatic hydroxyl groups is 1. The Morgan fingerprint density at radius 2 is 1.81 bits per heavy atom. The van der Waals surface area contributed by atoms with Crippen LogP contribution in [0.15, 0.2) is 42.5 Å². The van der Waals surface area contributed by atoms with E-state index in [1.165, 1.54) is 0 Å². The van der Waals surface area contributed by atoms with E-state index in [1.54, 1.807) is 30.3 Å². The zero-order chi connectivity index (χ0) is 15.5. The van der Waals surface area contributed by atoms with Gasteiger partial charge >= 0.3 is 6.18 Å². The van der Waals surface area contributed by atoms with E-state index >= 15 is 0 Å². The zero-order valence-corrected chi connectivity index (χ0v) is 10.7. The Morgan fingerprint density at radius 1 is 1.14 bits per heavy atom. The molecule has 0 bridgehead atoms. The molecular formula is C15H11F3O3. The van der Waals surface area contributed by atoms with E-state index in [1.807, 2.05) is 0 Å². The van der Waals surface area contributed by atoms with E-state index in [9.17, 15) is 23.1 Å². The van der Waals surface area contributed by atoms with Crippen LogP contribution in [0.4, 0.5) is 13.2 Å². The van der Waals surface area contributed by atoms with Crippen LogP contribution in [0.3, 0.4) is 0 Å². The van der Waals surface area contributed by atoms with Gasteiger partial charge in [0.25, 0.3) is 0 Å². The van der Waals surface area contributed by atoms with Gasteiger partial charge in [-0.25, -0.2) is 0 Å². The van der Waals surface area contributed by atoms with Crippen molar-refractivity contribution >= 4 is 6.29 Å². The Labute approximate surface area is 118 Å². The maximum Gasteiger partial charge on any atom is 0.420 e. The van der Waals surface area contributed by atoms with Gasteiger partial charge in [0.05, 0.1) is 0 Å². The maximum atomic E-state index is 13.0. The summed E-state index contributed by atoms with van der Waals surface area (Å²) < 4.78 is 44.0. The lowest BCUT2D eigenvalue weighted by Gasteiger charge is -2.16. The molecule has 0 aliphatic heterocycles. The van der Waals surface area contributed by atoms with E-state index in [2.05, 4.69) is 0 Å². The van der Waals surface area contributed by atoms with Gasteiger partial charge in [0.1, 0.15) is 18.5 Å². The van der Waals surface area contributed by atoms with E-state index in [0.29, 0.717) is 11.6 Å². The number of aldehydes is 1. The average molecular weight is 296 g/mol. The molecule has 1 N–H and O–H groups in total. The van der Waals surface area contributed by atoms with Crippen molar-refractivity contribution in [2.24, 2.45) is 0 Å². The predicted octanol–water partition coefficient (Wildman–Crippen LogP) is 3.80. The van der Waals surface area contributed by atoms with Crippen LogP contribution in [0.1, 0.15) is 21.5 Å². The lowest BCUT2D eigenvalue weighted by molar-refractivity contribution is -0.139. The third-order valence-electron chi connectivity index (χ3n) is 2.76. The summed E-state index contributed by atoms with van der Waals surface area (Å²) in [5, 5.41) is 9.66. The molecule has 0 aliphatic rings. The fourth-order valence-corrected chi connectivity index (χ4v) is 1.80. The molecule has 0 amide bonds. The average Bonchev–Trinajstić information content (AvgIpc) is 2.45. The largest absolute Gasteiger partial charge is 0.504 e. The summed E-state index contributed by atoms with van der Waals surface area (Å²) in [6, 6.07) is 10.2. The molecule has 0 saturated carbocycles. The Morgan fingerprint density at radius 3 is 2.38 bits per heavy atom. The Hall–Kier alpha value is -2.50. The smallest absolute Gasteiger partial charge is 0.420 e. The van der Waals surface area contributed by atoms with Gasteiger partial charge in [-0.05, 0) is 17.7 Å². The molecule has 0 aromatic heterocycles. The second-order valence-corrected chi connectivity index (χ2v) is 4.31. The highest BCUT2D eigenvalue weighted by Crippen LogP contribution is 2.42. The Bertz CT molecular complexity index is 637. The first-order chi connectivity index (χ1) is 9.91. The molecule has 6 heteroatoms. The van der Waals surface area contributed by atoms with Gasteiger partial charge in [0, 0.05) is 5.56 Å². The highest BCUT2D eigenvalue weighted by atomic mass is 19.4. The maximum absolute atomic E-state index is 13.0. The number of carbonyl (C=O) groups is 1. The number of phenols is 1. The van der Waals surface area contributed by atoms with Crippen LogP contribution < -0.4 is 4.74 Å². The van der Waals surface area contributed by atoms with Gasteiger partial charge in [0.2, 0.25) is 0 Å². The van der Waals surface area contributed by atoms with E-state index in [0.717, 1.165) is 6.07 Å². The molecule has 0 radical (unpaired) electrons. The van der Waals surface area contributed by atoms with Crippen molar-refractivity contribution in [3.8, 4) is 11.5 Å². The van der Waals surface area contributed by atoms with Crippen LogP contribution in [0.25, 0.3) is 0 Å². The fraction of sp³-hybridized carbons (Fsp3) is 0.133. The highest BCUT2D eigenvalue weighted by molar-refractivity contribution is 5.77. The lowest BCUT2D eigenvalue weighted by atomic mass is 10.1. The minimum Gasteiger partial charge on any atom is -0.504 e. The second kappa shape index (κ2) is 5.87. The fourth-order valence-electron chi connectivity index (χ4n) is 1.80. The first-order valence-corrected chi connectivity index (χ1v) is 5.98. The number of ether oxygens (including phenoxy) is 1. The molecule has 2 aromatic carbocycles. The molecule has 110 valence electrons. The quantitative estimate of drug-likeness (QED) is 0.873. The van der Waals surface area contributed by atoms with Crippen molar-refractivity contribution in [3.05, 3.63) is 59.2 Å². The lowest BCUT2D eigenvalue weighted by Crippen LogP contribution is -2.10. The van der Waals surface area contributed by atoms with Crippen molar-refractivity contribution in [1.82, 2.24) is 0 Å². The van der Waals surface area contributed by atoms with Crippen LogP contribution in [-0.4, -0.2) is 11.4 Å². The van der Waals surface area contributed by atoms with Crippen molar-refractivity contribution in [2.45, 2.75) is 12.8 Å². The number of carbonyl (C=O) groups excluding carboxylic acids is 1. The molecule has 2 rings (SSSR count). The van der Waals surface area contributed by atoms with E-state index < -0.39 is 23.2 Å². The van der Waals surface area contributed by atoms with Crippen LogP contribution in [0.5, 0.6) is 11.5 Å². The first-order valence-electron chi connectivity index (χ1n) is 5.98. The van der Waals surface area contributed by atoms with Crippen molar-refractivity contribution in [3.63, 3.8) is 0 Å². The van der Waals surface area contributed by atoms with E-state index in [-0.39, 0.29) is 18.5 Å². The van der Waals surface area contributed by atoms with Gasteiger partial charge in [-0.2, -0.15) is 13.2 Å². The number of benzene rings is 2. The van der Waals surface area contributed by atoms with Crippen molar-refractivity contribution < 1.29 is 27.8 Å². The van der Waals surface area contributed by atoms with Crippen molar-refractivity contribution in [2.75, 3.05) is 0 Å². The summed E-state index contributed by atoms with van der Waals surface area (Å²) in [4.78, 5) is 10.6. The number of halogens is 3. The van der Waals surface area contributed by atoms with Crippen LogP contribution in [0.2, 0.25) is 0 Å². The minimum absolute atomic E-state index is 0.127. The number of rotatable bonds is 4. The second-order valence-electron chi connectivity index (χ2n) is 4.31. The van der Waals surface area contributed by atoms with Gasteiger partial charge in [-0.1, -0.05) is 30.3 Å². The monoisotopic (exact) mass is 296 g/mol. The molecule has 0 atom stereocenters. The van der Waals surface area contributed by atoms with Gasteiger partial charge in [-0.15, -0.1) is 0 Å². The SMILES string of the molecule is O=Cc1cc(O)c(OCc2ccccc2)c(C(F)(F)F)c1. The number of hydrogen-bond acceptors (Lipinski definition) is 3. The molecule has 21 heavy (non-hydrogen) atoms. The molecule has 3 nitrogen and oxygen atoms in total. The molecule has 2 aromatic rings. The normalized spacial score (nSPS) is 11.2. The summed E-state index contributed by atoms with van der Waals surface area (Å²) in [5.41, 5.74) is -0.795. The summed E-state index contributed by atoms with van der Waals surface area (Å²) in [5.74, 6) is -1.40. The molecule has 0 aliphatic carbocycles. The first kappa shape index (κ1) is 14.9. The van der Waals surface area contributed by atoms with Gasteiger partial charge < -0.3 is 9.84 Å². The molecule has 0 heterocycles. The van der Waals surface area contributed by atoms with Gasteiger partial charge in [-0.3, -0.25) is 4.79 Å². The molecule has 0 saturated heterocycles. The third-order valence-corrected chi connectivity index (χ3v) is 2.76. The van der Waals surface area contributed by atoms with Crippen LogP contribution >= 0.6 is 0 Å². The zero-order valence-electron chi connectivity index (χ0n) is 10.7. The van der Waals surface area contributed by atoms with Crippen molar-refractivity contribution in [1.29, 1.82) is 0 Å². The number of hydrogen-bond donors (Lipinski definition) is 1. The Kier molecular flexibility index (Phi) is 4.16. The third kappa shape index (κ3) is 3.53. The molecule has 0 spiro atoms. The molecule has 0 unspecified atom stereocenters. The molecule has 0 fully saturated rings. The minimum atomic E-state index is -4.73. The van der Waals surface area contributed by atoms with E-state index in [4.69, 9.17) is 4.74 Å². The molecular weight excluding hydrogens is 285 g/mol. The summed E-state index contributed by atoms with van der Waals surface area (Å²) in [6.45, 7) is -0.127. The van der Waals surface area contributed by atoms with Gasteiger partial charge in [0.15, 0.2) is 11.5 Å². The summed E-state index contributed by atoms with van der Waals surface area (Å²) >= 11 is 0. The van der Waals surface area contributed by atoms with Crippen LogP contribution in [-0.2, 0) is 12.8 Å². The number of phenolic OH excluding ortho intramolecular Hbond substituents is 1. The Balaban J connectivity index is 2.35. The summed E-state index contributed by atoms with van der Waals surface area (Å²) in [6.07, 6.45) is -4.50. The predicted molar refractivity (Wildman–Crippen MR) is 69.3 cm³/mol. The standard InChI is InChI=1S/C15H11F3O3/c16-15(17,18)12-6-11(8-19)7-13(20)14(12)21-9-10-4-2-1-3-5-10/h1-8,20H,9H2. The topological polar surface area (TPSA) is 46.5 Å².